The fourth-order valence-electron chi connectivity index (χ4n) is 2.20. The lowest BCUT2D eigenvalue weighted by Crippen LogP contribution is -2.35. The minimum absolute atomic E-state index is 0.0183. The molecule has 1 saturated carbocycles. The van der Waals surface area contributed by atoms with Crippen molar-refractivity contribution in [3.63, 3.8) is 0 Å². The number of amides is 2. The van der Waals surface area contributed by atoms with E-state index in [1.807, 2.05) is 22.6 Å². The molecule has 112 valence electrons. The summed E-state index contributed by atoms with van der Waals surface area (Å²) in [6, 6.07) is 4.60. The van der Waals surface area contributed by atoms with E-state index in [2.05, 4.69) is 5.32 Å². The second kappa shape index (κ2) is 5.78. The van der Waals surface area contributed by atoms with Crippen LogP contribution in [-0.4, -0.2) is 31.2 Å². The predicted octanol–water partition coefficient (Wildman–Crippen LogP) is 2.28. The van der Waals surface area contributed by atoms with Crippen molar-refractivity contribution in [2.24, 2.45) is 5.92 Å². The van der Waals surface area contributed by atoms with Gasteiger partial charge in [-0.25, -0.2) is 9.18 Å². The Labute approximate surface area is 135 Å². The summed E-state index contributed by atoms with van der Waals surface area (Å²) in [6.45, 7) is 0.605. The van der Waals surface area contributed by atoms with E-state index in [0.29, 0.717) is 22.3 Å². The molecular weight excluding hydrogens is 390 g/mol. The van der Waals surface area contributed by atoms with Crippen molar-refractivity contribution in [3.8, 4) is 0 Å². The van der Waals surface area contributed by atoms with Gasteiger partial charge in [0.15, 0.2) is 0 Å². The van der Waals surface area contributed by atoms with Crippen molar-refractivity contribution in [1.82, 2.24) is 5.32 Å². The molecule has 21 heavy (non-hydrogen) atoms. The van der Waals surface area contributed by atoms with E-state index in [0.717, 1.165) is 12.8 Å². The van der Waals surface area contributed by atoms with Gasteiger partial charge in [0.25, 0.3) is 0 Å². The molecule has 0 unspecified atom stereocenters. The number of ether oxygens (including phenoxy) is 1. The molecule has 0 spiro atoms. The summed E-state index contributed by atoms with van der Waals surface area (Å²) in [6.07, 6.45) is 0.957. The van der Waals surface area contributed by atoms with Gasteiger partial charge in [0.1, 0.15) is 11.9 Å². The third-order valence-electron chi connectivity index (χ3n) is 3.54. The van der Waals surface area contributed by atoms with E-state index >= 15 is 0 Å². The Morgan fingerprint density at radius 2 is 2.24 bits per heavy atom. The van der Waals surface area contributed by atoms with Gasteiger partial charge in [0, 0.05) is 9.49 Å². The molecule has 5 nitrogen and oxygen atoms in total. The zero-order valence-corrected chi connectivity index (χ0v) is 13.3. The number of cyclic esters (lactones) is 1. The van der Waals surface area contributed by atoms with Crippen molar-refractivity contribution in [2.45, 2.75) is 18.9 Å². The maximum Gasteiger partial charge on any atom is 0.414 e. The van der Waals surface area contributed by atoms with Crippen molar-refractivity contribution < 1.29 is 18.7 Å². The first-order valence-electron chi connectivity index (χ1n) is 6.75. The Morgan fingerprint density at radius 1 is 1.48 bits per heavy atom. The largest absolute Gasteiger partial charge is 0.442 e. The predicted molar refractivity (Wildman–Crippen MR) is 82.5 cm³/mol. The number of carbonyl (C=O) groups excluding carboxylic acids is 2. The quantitative estimate of drug-likeness (QED) is 0.784. The third kappa shape index (κ3) is 3.28. The lowest BCUT2D eigenvalue weighted by atomic mass is 10.2. The zero-order chi connectivity index (χ0) is 15.0. The normalized spacial score (nSPS) is 21.3. The Kier molecular flexibility index (Phi) is 4.01. The number of carbonyl (C=O) groups is 2. The van der Waals surface area contributed by atoms with Gasteiger partial charge in [-0.1, -0.05) is 0 Å². The van der Waals surface area contributed by atoms with Crippen LogP contribution >= 0.6 is 22.6 Å². The molecule has 3 rings (SSSR count). The Morgan fingerprint density at radius 3 is 2.90 bits per heavy atom. The minimum Gasteiger partial charge on any atom is -0.442 e. The molecule has 7 heteroatoms. The molecule has 1 atom stereocenters. The molecular formula is C14H14FIN2O3. The number of halogens is 2. The van der Waals surface area contributed by atoms with Crippen LogP contribution in [0.2, 0.25) is 0 Å². The van der Waals surface area contributed by atoms with Crippen LogP contribution in [0.5, 0.6) is 0 Å². The Hall–Kier alpha value is -1.38. The van der Waals surface area contributed by atoms with Gasteiger partial charge in [0.2, 0.25) is 5.91 Å². The van der Waals surface area contributed by atoms with Gasteiger partial charge in [-0.05, 0) is 53.6 Å². The summed E-state index contributed by atoms with van der Waals surface area (Å²) in [7, 11) is 0. The highest BCUT2D eigenvalue weighted by Gasteiger charge is 2.34. The van der Waals surface area contributed by atoms with E-state index < -0.39 is 12.2 Å². The average Bonchev–Trinajstić information content (AvgIpc) is 3.23. The maximum absolute atomic E-state index is 13.6. The smallest absolute Gasteiger partial charge is 0.414 e. The van der Waals surface area contributed by atoms with Gasteiger partial charge < -0.3 is 10.1 Å². The first-order chi connectivity index (χ1) is 10.0. The van der Waals surface area contributed by atoms with E-state index in [-0.39, 0.29) is 17.6 Å². The second-order valence-electron chi connectivity index (χ2n) is 5.23. The molecule has 1 aromatic rings. The fraction of sp³-hybridized carbons (Fsp3) is 0.429. The average molecular weight is 404 g/mol. The summed E-state index contributed by atoms with van der Waals surface area (Å²) < 4.78 is 19.3. The maximum atomic E-state index is 13.6. The molecule has 0 radical (unpaired) electrons. The molecule has 2 aliphatic rings. The molecule has 1 saturated heterocycles. The molecule has 1 N–H and O–H groups in total. The fourth-order valence-corrected chi connectivity index (χ4v) is 2.53. The summed E-state index contributed by atoms with van der Waals surface area (Å²) in [5, 5.41) is 2.78. The second-order valence-corrected chi connectivity index (χ2v) is 6.40. The van der Waals surface area contributed by atoms with Crippen LogP contribution in [0.15, 0.2) is 18.2 Å². The van der Waals surface area contributed by atoms with Crippen LogP contribution in [0, 0.1) is 15.3 Å². The van der Waals surface area contributed by atoms with Gasteiger partial charge in [-0.3, -0.25) is 9.69 Å². The van der Waals surface area contributed by atoms with Gasteiger partial charge in [-0.15, -0.1) is 0 Å². The molecule has 1 aliphatic carbocycles. The molecule has 0 bridgehead atoms. The van der Waals surface area contributed by atoms with Crippen molar-refractivity contribution in [1.29, 1.82) is 0 Å². The SMILES string of the molecule is O=C(NC[C@H]1CN(c2ccc(I)c(F)c2)C(=O)O1)C1CC1. The van der Waals surface area contributed by atoms with Crippen molar-refractivity contribution >= 4 is 40.3 Å². The van der Waals surface area contributed by atoms with Gasteiger partial charge in [-0.2, -0.15) is 0 Å². The third-order valence-corrected chi connectivity index (χ3v) is 4.42. The van der Waals surface area contributed by atoms with Crippen LogP contribution in [0.1, 0.15) is 12.8 Å². The number of anilines is 1. The monoisotopic (exact) mass is 404 g/mol. The van der Waals surface area contributed by atoms with Gasteiger partial charge in [0.05, 0.1) is 18.8 Å². The van der Waals surface area contributed by atoms with Gasteiger partial charge >= 0.3 is 6.09 Å². The number of benzene rings is 1. The van der Waals surface area contributed by atoms with E-state index in [1.165, 1.54) is 11.0 Å². The van der Waals surface area contributed by atoms with E-state index in [9.17, 15) is 14.0 Å². The minimum atomic E-state index is -0.513. The highest BCUT2D eigenvalue weighted by Crippen LogP contribution is 2.29. The lowest BCUT2D eigenvalue weighted by Gasteiger charge is -2.13. The van der Waals surface area contributed by atoms with Crippen LogP contribution in [0.25, 0.3) is 0 Å². The van der Waals surface area contributed by atoms with Crippen LogP contribution in [-0.2, 0) is 9.53 Å². The van der Waals surface area contributed by atoms with Crippen molar-refractivity contribution in [3.05, 3.63) is 27.6 Å². The molecule has 1 aliphatic heterocycles. The summed E-state index contributed by atoms with van der Waals surface area (Å²) >= 11 is 1.89. The summed E-state index contributed by atoms with van der Waals surface area (Å²) in [5.74, 6) is -0.223. The van der Waals surface area contributed by atoms with E-state index in [4.69, 9.17) is 4.74 Å². The molecule has 2 fully saturated rings. The van der Waals surface area contributed by atoms with Crippen molar-refractivity contribution in [2.75, 3.05) is 18.0 Å². The number of nitrogens with one attached hydrogen (secondary N) is 1. The van der Waals surface area contributed by atoms with Crippen LogP contribution < -0.4 is 10.2 Å². The first-order valence-corrected chi connectivity index (χ1v) is 7.83. The number of hydrogen-bond acceptors (Lipinski definition) is 3. The molecule has 1 aromatic carbocycles. The Bertz CT molecular complexity index is 592. The molecule has 2 amide bonds. The highest BCUT2D eigenvalue weighted by atomic mass is 127. The summed E-state index contributed by atoms with van der Waals surface area (Å²) in [4.78, 5) is 24.8. The number of nitrogens with zero attached hydrogens (tertiary/aromatic N) is 1. The Balaban J connectivity index is 1.61. The number of hydrogen-bond donors (Lipinski definition) is 1. The zero-order valence-electron chi connectivity index (χ0n) is 11.1. The molecule has 0 aromatic heterocycles. The van der Waals surface area contributed by atoms with Crippen LogP contribution in [0.4, 0.5) is 14.9 Å². The topological polar surface area (TPSA) is 58.6 Å². The number of rotatable bonds is 4. The van der Waals surface area contributed by atoms with E-state index in [1.54, 1.807) is 12.1 Å². The lowest BCUT2D eigenvalue weighted by molar-refractivity contribution is -0.122. The summed E-state index contributed by atoms with van der Waals surface area (Å²) in [5.41, 5.74) is 0.467. The highest BCUT2D eigenvalue weighted by molar-refractivity contribution is 14.1. The standard InChI is InChI=1S/C14H14FIN2O3/c15-11-5-9(3-4-12(11)16)18-7-10(21-14(18)20)6-17-13(19)8-1-2-8/h3-5,8,10H,1-2,6-7H2,(H,17,19)/t10-/m0/s1. The first kappa shape index (κ1) is 14.6. The molecule has 1 heterocycles. The van der Waals surface area contributed by atoms with Crippen LogP contribution in [0.3, 0.4) is 0 Å².